The van der Waals surface area contributed by atoms with Gasteiger partial charge >= 0.3 is 17.9 Å². The van der Waals surface area contributed by atoms with Gasteiger partial charge < -0.3 is 25.2 Å². The zero-order valence-electron chi connectivity index (χ0n) is 58.4. The van der Waals surface area contributed by atoms with Crippen molar-refractivity contribution in [2.75, 3.05) is 31.4 Å². The number of methoxy groups -OCH3 is 2. The molecule has 500 valence electrons. The number of aryl methyl sites for hydroxylation is 6. The Morgan fingerprint density at radius 3 is 1.23 bits per heavy atom. The number of hydrogen-bond donors (Lipinski definition) is 3. The largest absolute Gasteiger partial charge is 0.481 e. The Bertz CT molecular complexity index is 4070. The number of rotatable bonds is 18. The fourth-order valence-corrected chi connectivity index (χ4v) is 9.88. The smallest absolute Gasteiger partial charge is 0.330 e. The molecule has 12 heteroatoms. The number of ether oxygens (including phenoxy) is 2. The van der Waals surface area contributed by atoms with Gasteiger partial charge in [0.2, 0.25) is 5.91 Å². The number of aliphatic carboxylic acids is 1. The van der Waals surface area contributed by atoms with Crippen molar-refractivity contribution in [3.05, 3.63) is 291 Å². The highest BCUT2D eigenvalue weighted by Gasteiger charge is 2.14. The van der Waals surface area contributed by atoms with E-state index in [1.807, 2.05) is 157 Å². The number of carbonyl (C=O) groups is 5. The van der Waals surface area contributed by atoms with Crippen LogP contribution in [-0.2, 0) is 28.7 Å². The number of carboxylic acid groups (broad SMARTS) is 1. The molecule has 10 aromatic rings. The van der Waals surface area contributed by atoms with Crippen LogP contribution in [0.3, 0.4) is 0 Å². The Balaban J connectivity index is 0.000000214. The number of aromatic nitrogens is 2. The van der Waals surface area contributed by atoms with Gasteiger partial charge in [0.15, 0.2) is 5.78 Å². The molecule has 4 atom stereocenters. The van der Waals surface area contributed by atoms with Crippen molar-refractivity contribution >= 4 is 68.4 Å². The molecule has 96 heavy (non-hydrogen) atoms. The number of Topliss-reactive ketones (excluding diaryl/α,β-unsaturated/α-hetero) is 1. The summed E-state index contributed by atoms with van der Waals surface area (Å²) in [5, 5.41) is 17.3. The summed E-state index contributed by atoms with van der Waals surface area (Å²) in [5.74, 6) is 0.0182. The summed E-state index contributed by atoms with van der Waals surface area (Å²) in [6.07, 6.45) is 7.32. The van der Waals surface area contributed by atoms with E-state index < -0.39 is 5.97 Å². The Kier molecular flexibility index (Phi) is 31.9. The molecule has 12 nitrogen and oxygen atoms in total. The topological polar surface area (TPSA) is 174 Å². The highest BCUT2D eigenvalue weighted by atomic mass is 16.5. The number of nitrogens with zero attached hydrogens (tertiary/aromatic N) is 2. The van der Waals surface area contributed by atoms with E-state index in [4.69, 9.17) is 5.11 Å². The minimum absolute atomic E-state index is 0.0290. The van der Waals surface area contributed by atoms with Gasteiger partial charge in [0, 0.05) is 59.1 Å². The zero-order valence-corrected chi connectivity index (χ0v) is 58.4. The number of esters is 2. The van der Waals surface area contributed by atoms with E-state index in [9.17, 15) is 24.0 Å². The first kappa shape index (κ1) is 76.4. The van der Waals surface area contributed by atoms with Crippen LogP contribution < -0.4 is 10.6 Å². The maximum Gasteiger partial charge on any atom is 0.330 e. The van der Waals surface area contributed by atoms with E-state index in [0.29, 0.717) is 18.8 Å². The quantitative estimate of drug-likeness (QED) is 0.0424. The van der Waals surface area contributed by atoms with Gasteiger partial charge in [0.25, 0.3) is 0 Å². The Hall–Kier alpha value is -10.3. The van der Waals surface area contributed by atoms with Gasteiger partial charge in [-0.1, -0.05) is 219 Å². The molecular formula is C84H96N4O8. The third-order valence-electron chi connectivity index (χ3n) is 16.2. The molecule has 0 bridgehead atoms. The second kappa shape index (κ2) is 40.0. The standard InChI is InChI=1S/C20H20N2O.C20H22N2.C12H16O2.C12H14O2.C11H14O2.C9H10O/c1-14-5-7-16(8-6-14)15(2)12-20(23)22-18-9-10-19-17(13-18)4-3-11-21-19;1-15-5-7-17(8-6-15)16(2)11-13-21-19-9-10-20-18(14-19)4-3-12-22-20;2*1-9-4-6-11(7-5-9)10(2)8-12(13)14-3;1-8-3-5-10(6-4-8)9(2)7-11(12)13;1-7-3-5-9(6-4-7)8(2)10/h3-11,13,15H,12H2,1-2H3,(H,22,23);3-10,12,14,16,21H,11,13H2,1-2H3;4-7,10H,8H2,1-3H3;4-8H,1-3H3;3-6,9H,7H2,1-2H3,(H,12,13);3-6H,1-2H3/b;;;10-8+;;. The van der Waals surface area contributed by atoms with Crippen LogP contribution in [0.15, 0.2) is 225 Å². The molecule has 0 saturated heterocycles. The van der Waals surface area contributed by atoms with Crippen LogP contribution in [0.2, 0.25) is 0 Å². The number of nitrogens with one attached hydrogen (secondary N) is 2. The number of allylic oxidation sites excluding steroid dienone is 1. The third kappa shape index (κ3) is 27.7. The maximum absolute atomic E-state index is 12.3. The fourth-order valence-electron chi connectivity index (χ4n) is 9.88. The molecule has 0 aliphatic carbocycles. The van der Waals surface area contributed by atoms with E-state index in [2.05, 4.69) is 162 Å². The van der Waals surface area contributed by atoms with Crippen molar-refractivity contribution in [3.8, 4) is 0 Å². The molecule has 10 rings (SSSR count). The molecule has 0 fully saturated rings. The van der Waals surface area contributed by atoms with Crippen LogP contribution in [0, 0.1) is 41.5 Å². The lowest BCUT2D eigenvalue weighted by molar-refractivity contribution is -0.141. The van der Waals surface area contributed by atoms with Crippen molar-refractivity contribution in [2.45, 2.75) is 132 Å². The van der Waals surface area contributed by atoms with Crippen LogP contribution in [0.1, 0.15) is 162 Å². The minimum Gasteiger partial charge on any atom is -0.481 e. The van der Waals surface area contributed by atoms with Crippen molar-refractivity contribution < 1.29 is 38.6 Å². The zero-order chi connectivity index (χ0) is 70.1. The molecule has 0 spiro atoms. The monoisotopic (exact) mass is 1290 g/mol. The van der Waals surface area contributed by atoms with E-state index in [-0.39, 0.29) is 47.8 Å². The van der Waals surface area contributed by atoms with E-state index >= 15 is 0 Å². The minimum atomic E-state index is -0.743. The molecule has 0 aliphatic rings. The SMILES string of the molecule is CC(=O)c1ccc(C)cc1.COC(=O)/C=C(\C)c1ccc(C)cc1.COC(=O)CC(C)c1ccc(C)cc1.Cc1ccc(C(C)CC(=O)Nc2ccc3ncccc3c2)cc1.Cc1ccc(C(C)CC(=O)O)cc1.Cc1ccc(C(C)CCNc2ccc3ncccc3c2)cc1. The van der Waals surface area contributed by atoms with Crippen molar-refractivity contribution in [1.82, 2.24) is 9.97 Å². The van der Waals surface area contributed by atoms with Crippen LogP contribution in [0.5, 0.6) is 0 Å². The lowest BCUT2D eigenvalue weighted by atomic mass is 9.96. The summed E-state index contributed by atoms with van der Waals surface area (Å²) in [5.41, 5.74) is 18.9. The first-order valence-electron chi connectivity index (χ1n) is 32.6. The number of amides is 1. The van der Waals surface area contributed by atoms with Gasteiger partial charge in [-0.3, -0.25) is 29.1 Å². The number of pyridine rings is 2. The fraction of sp³-hybridized carbons (Fsp3) is 0.274. The lowest BCUT2D eigenvalue weighted by Gasteiger charge is -2.13. The number of benzene rings is 8. The summed E-state index contributed by atoms with van der Waals surface area (Å²) < 4.78 is 9.18. The van der Waals surface area contributed by atoms with Crippen LogP contribution >= 0.6 is 0 Å². The highest BCUT2D eigenvalue weighted by Crippen LogP contribution is 2.25. The summed E-state index contributed by atoms with van der Waals surface area (Å²) in [7, 11) is 2.80. The van der Waals surface area contributed by atoms with Gasteiger partial charge in [-0.25, -0.2) is 4.79 Å². The van der Waals surface area contributed by atoms with Gasteiger partial charge in [-0.2, -0.15) is 0 Å². The number of anilines is 2. The molecule has 0 aliphatic heterocycles. The molecule has 2 aromatic heterocycles. The first-order valence-corrected chi connectivity index (χ1v) is 32.6. The Morgan fingerprint density at radius 1 is 0.448 bits per heavy atom. The maximum atomic E-state index is 12.3. The number of hydrogen-bond acceptors (Lipinski definition) is 10. The molecule has 0 saturated carbocycles. The predicted molar refractivity (Wildman–Crippen MR) is 395 cm³/mol. The Morgan fingerprint density at radius 2 is 0.823 bits per heavy atom. The van der Waals surface area contributed by atoms with E-state index in [1.54, 1.807) is 13.1 Å². The lowest BCUT2D eigenvalue weighted by Crippen LogP contribution is -2.14. The predicted octanol–water partition coefficient (Wildman–Crippen LogP) is 19.8. The van der Waals surface area contributed by atoms with Gasteiger partial charge in [0.1, 0.15) is 0 Å². The highest BCUT2D eigenvalue weighted by molar-refractivity contribution is 5.95. The van der Waals surface area contributed by atoms with Crippen LogP contribution in [0.4, 0.5) is 11.4 Å². The normalized spacial score (nSPS) is 11.8. The van der Waals surface area contributed by atoms with Gasteiger partial charge in [-0.05, 0) is 167 Å². The number of carbonyl (C=O) groups excluding carboxylic acids is 4. The molecule has 4 unspecified atom stereocenters. The molecule has 0 radical (unpaired) electrons. The number of carboxylic acids is 1. The van der Waals surface area contributed by atoms with Gasteiger partial charge in [-0.15, -0.1) is 0 Å². The van der Waals surface area contributed by atoms with E-state index in [1.165, 1.54) is 75.8 Å². The molecular weight excluding hydrogens is 1190 g/mol. The molecule has 8 aromatic carbocycles. The first-order chi connectivity index (χ1) is 45.9. The summed E-state index contributed by atoms with van der Waals surface area (Å²) in [6.45, 7) is 25.1. The second-order valence-electron chi connectivity index (χ2n) is 24.6. The van der Waals surface area contributed by atoms with Crippen molar-refractivity contribution in [3.63, 3.8) is 0 Å². The number of ketones is 1. The van der Waals surface area contributed by atoms with Crippen LogP contribution in [-0.4, -0.2) is 65.4 Å². The van der Waals surface area contributed by atoms with E-state index in [0.717, 1.165) is 63.0 Å². The third-order valence-corrected chi connectivity index (χ3v) is 16.2. The van der Waals surface area contributed by atoms with Crippen molar-refractivity contribution in [2.24, 2.45) is 0 Å². The molecule has 2 heterocycles. The average Bonchev–Trinajstić information content (AvgIpc) is 0.890. The number of fused-ring (bicyclic) bond motifs is 2. The summed E-state index contributed by atoms with van der Waals surface area (Å²) >= 11 is 0. The summed E-state index contributed by atoms with van der Waals surface area (Å²) in [4.78, 5) is 64.1. The second-order valence-corrected chi connectivity index (χ2v) is 24.6. The Labute approximate surface area is 569 Å². The molecule has 1 amide bonds. The van der Waals surface area contributed by atoms with Crippen LogP contribution in [0.25, 0.3) is 27.4 Å². The molecule has 3 N–H and O–H groups in total. The van der Waals surface area contributed by atoms with Crippen molar-refractivity contribution in [1.29, 1.82) is 0 Å². The summed E-state index contributed by atoms with van der Waals surface area (Å²) in [6, 6.07) is 69.1. The van der Waals surface area contributed by atoms with Gasteiger partial charge in [0.05, 0.1) is 38.1 Å². The average molecular weight is 1290 g/mol.